The zero-order valence-corrected chi connectivity index (χ0v) is 21.2. The van der Waals surface area contributed by atoms with Crippen molar-refractivity contribution in [2.45, 2.75) is 38.4 Å². The van der Waals surface area contributed by atoms with Gasteiger partial charge in [-0.2, -0.15) is 0 Å². The van der Waals surface area contributed by atoms with E-state index in [1.165, 1.54) is 10.9 Å². The Kier molecular flexibility index (Phi) is 6.43. The molecule has 3 heterocycles. The molecule has 3 N–H and O–H groups in total. The first-order valence-electron chi connectivity index (χ1n) is 10.7. The summed E-state index contributed by atoms with van der Waals surface area (Å²) in [4.78, 5) is 37.3. The number of aryl methyl sites for hydroxylation is 3. The minimum Gasteiger partial charge on any atom is -0.369 e. The summed E-state index contributed by atoms with van der Waals surface area (Å²) in [7, 11) is -3.85. The van der Waals surface area contributed by atoms with Crippen LogP contribution >= 0.6 is 11.3 Å². The minimum atomic E-state index is -3.85. The van der Waals surface area contributed by atoms with E-state index >= 15 is 0 Å². The van der Waals surface area contributed by atoms with Gasteiger partial charge in [0.25, 0.3) is 15.6 Å². The summed E-state index contributed by atoms with van der Waals surface area (Å²) in [5.74, 6) is -1.03. The van der Waals surface area contributed by atoms with Crippen molar-refractivity contribution in [3.05, 3.63) is 63.5 Å². The molecular formula is C23H24N6O4S2. The van der Waals surface area contributed by atoms with Gasteiger partial charge >= 0.3 is 0 Å². The number of carbonyl (C=O) groups excluding carboxylic acids is 1. The third-order valence-electron chi connectivity index (χ3n) is 5.55. The van der Waals surface area contributed by atoms with Gasteiger partial charge in [-0.3, -0.25) is 23.9 Å². The number of anilines is 1. The molecule has 4 rings (SSSR count). The Morgan fingerprint density at radius 2 is 1.89 bits per heavy atom. The lowest BCUT2D eigenvalue weighted by atomic mass is 10.0. The Bertz CT molecular complexity index is 1630. The molecule has 10 nitrogen and oxygen atoms in total. The number of primary amides is 1. The Hall–Kier alpha value is -3.64. The van der Waals surface area contributed by atoms with Crippen molar-refractivity contribution < 1.29 is 13.2 Å². The van der Waals surface area contributed by atoms with Gasteiger partial charge in [-0.25, -0.2) is 18.4 Å². The largest absolute Gasteiger partial charge is 0.369 e. The van der Waals surface area contributed by atoms with Crippen LogP contribution in [0, 0.1) is 26.7 Å². The maximum Gasteiger partial charge on any atom is 0.273 e. The van der Waals surface area contributed by atoms with Crippen molar-refractivity contribution in [1.82, 2.24) is 19.5 Å². The maximum atomic E-state index is 13.0. The molecule has 0 spiro atoms. The van der Waals surface area contributed by atoms with Crippen LogP contribution in [0.2, 0.25) is 0 Å². The summed E-state index contributed by atoms with van der Waals surface area (Å²) in [6, 6.07) is 6.85. The third-order valence-corrected chi connectivity index (χ3v) is 8.60. The number of hydrogen-bond donors (Lipinski definition) is 2. The summed E-state index contributed by atoms with van der Waals surface area (Å²) in [5.41, 5.74) is 8.07. The summed E-state index contributed by atoms with van der Waals surface area (Å²) >= 11 is 1.10. The molecule has 4 aromatic rings. The number of nitrogens with zero attached hydrogens (tertiary/aromatic N) is 4. The molecule has 0 aliphatic rings. The standard InChI is InChI=1S/C23H24N6O4S2/c1-12(21(24)30)10-29-11-26-19-6-5-16(7-18(19)22(29)31)17-8-20(13(2)25-9-17)28-35(32,33)23-14(3)27-15(4)34-23/h5-9,11-12,28H,10H2,1-4H3,(H2,24,30)/t12-/m0/s1. The zero-order chi connectivity index (χ0) is 25.5. The molecule has 35 heavy (non-hydrogen) atoms. The average molecular weight is 513 g/mol. The van der Waals surface area contributed by atoms with Crippen LogP contribution < -0.4 is 16.0 Å². The second-order valence-corrected chi connectivity index (χ2v) is 11.4. The monoisotopic (exact) mass is 512 g/mol. The van der Waals surface area contributed by atoms with Crippen molar-refractivity contribution in [1.29, 1.82) is 0 Å². The van der Waals surface area contributed by atoms with E-state index in [1.807, 2.05) is 0 Å². The predicted molar refractivity (Wildman–Crippen MR) is 135 cm³/mol. The first kappa shape index (κ1) is 24.5. The fourth-order valence-electron chi connectivity index (χ4n) is 3.60. The molecule has 0 aliphatic carbocycles. The van der Waals surface area contributed by atoms with Crippen LogP contribution in [0.5, 0.6) is 0 Å². The van der Waals surface area contributed by atoms with Gasteiger partial charge in [0.1, 0.15) is 0 Å². The van der Waals surface area contributed by atoms with E-state index in [0.29, 0.717) is 44.1 Å². The van der Waals surface area contributed by atoms with Crippen LogP contribution in [0.4, 0.5) is 5.69 Å². The normalized spacial score (nSPS) is 12.6. The lowest BCUT2D eigenvalue weighted by Crippen LogP contribution is -2.30. The smallest absolute Gasteiger partial charge is 0.273 e. The molecule has 182 valence electrons. The second kappa shape index (κ2) is 9.19. The van der Waals surface area contributed by atoms with Crippen LogP contribution in [0.1, 0.15) is 23.3 Å². The zero-order valence-electron chi connectivity index (χ0n) is 19.6. The highest BCUT2D eigenvalue weighted by molar-refractivity contribution is 7.94. The van der Waals surface area contributed by atoms with E-state index in [4.69, 9.17) is 5.73 Å². The number of thiazole rings is 1. The Morgan fingerprint density at radius 3 is 2.54 bits per heavy atom. The van der Waals surface area contributed by atoms with E-state index in [1.54, 1.807) is 58.2 Å². The first-order chi connectivity index (χ1) is 16.5. The SMILES string of the molecule is Cc1nc(C)c(S(=O)(=O)Nc2cc(-c3ccc4ncn(C[C@H](C)C(N)=O)c(=O)c4c3)cnc2C)s1. The molecule has 0 fully saturated rings. The number of amides is 1. The number of fused-ring (bicyclic) bond motifs is 1. The van der Waals surface area contributed by atoms with Gasteiger partial charge in [-0.1, -0.05) is 13.0 Å². The first-order valence-corrected chi connectivity index (χ1v) is 13.0. The third kappa shape index (κ3) is 4.93. The molecule has 0 unspecified atom stereocenters. The number of hydrogen-bond acceptors (Lipinski definition) is 8. The highest BCUT2D eigenvalue weighted by atomic mass is 32.2. The van der Waals surface area contributed by atoms with E-state index in [2.05, 4.69) is 19.7 Å². The fraction of sp³-hybridized carbons (Fsp3) is 0.261. The fourth-order valence-corrected chi connectivity index (χ4v) is 6.19. The van der Waals surface area contributed by atoms with E-state index in [-0.39, 0.29) is 16.3 Å². The molecule has 0 radical (unpaired) electrons. The van der Waals surface area contributed by atoms with Gasteiger partial charge in [0.15, 0.2) is 4.21 Å². The summed E-state index contributed by atoms with van der Waals surface area (Å²) < 4.78 is 30.1. The van der Waals surface area contributed by atoms with E-state index < -0.39 is 21.8 Å². The number of rotatable bonds is 7. The van der Waals surface area contributed by atoms with E-state index in [0.717, 1.165) is 11.3 Å². The van der Waals surface area contributed by atoms with Crippen LogP contribution in [-0.4, -0.2) is 33.8 Å². The van der Waals surface area contributed by atoms with Crippen molar-refractivity contribution in [2.75, 3.05) is 4.72 Å². The molecule has 0 aliphatic heterocycles. The second-order valence-electron chi connectivity index (χ2n) is 8.31. The van der Waals surface area contributed by atoms with Crippen molar-refractivity contribution >= 4 is 43.9 Å². The minimum absolute atomic E-state index is 0.121. The number of aromatic nitrogens is 4. The Morgan fingerprint density at radius 1 is 1.14 bits per heavy atom. The Balaban J connectivity index is 1.73. The number of benzene rings is 1. The summed E-state index contributed by atoms with van der Waals surface area (Å²) in [5, 5.41) is 1.02. The lowest BCUT2D eigenvalue weighted by Gasteiger charge is -2.12. The Labute approximate surface area is 205 Å². The van der Waals surface area contributed by atoms with Crippen LogP contribution in [0.3, 0.4) is 0 Å². The molecule has 0 bridgehead atoms. The molecule has 0 saturated heterocycles. The van der Waals surface area contributed by atoms with Crippen molar-refractivity contribution in [2.24, 2.45) is 11.7 Å². The molecule has 1 amide bonds. The van der Waals surface area contributed by atoms with Crippen LogP contribution in [0.25, 0.3) is 22.0 Å². The van der Waals surface area contributed by atoms with Gasteiger partial charge < -0.3 is 5.73 Å². The van der Waals surface area contributed by atoms with Gasteiger partial charge in [-0.15, -0.1) is 11.3 Å². The molecule has 12 heteroatoms. The summed E-state index contributed by atoms with van der Waals surface area (Å²) in [6.45, 7) is 6.87. The highest BCUT2D eigenvalue weighted by Crippen LogP contribution is 2.29. The average Bonchev–Trinajstić information content (AvgIpc) is 3.15. The topological polar surface area (TPSA) is 150 Å². The number of pyridine rings is 1. The predicted octanol–water partition coefficient (Wildman–Crippen LogP) is 2.76. The number of carbonyl (C=O) groups is 1. The van der Waals surface area contributed by atoms with Crippen molar-refractivity contribution in [3.8, 4) is 11.1 Å². The number of nitrogens with two attached hydrogens (primary N) is 1. The van der Waals surface area contributed by atoms with Gasteiger partial charge in [0.2, 0.25) is 5.91 Å². The molecular weight excluding hydrogens is 488 g/mol. The van der Waals surface area contributed by atoms with Gasteiger partial charge in [0.05, 0.1) is 45.2 Å². The van der Waals surface area contributed by atoms with Crippen LogP contribution in [-0.2, 0) is 21.4 Å². The summed E-state index contributed by atoms with van der Waals surface area (Å²) in [6.07, 6.45) is 3.01. The number of sulfonamides is 1. The molecule has 3 aromatic heterocycles. The maximum absolute atomic E-state index is 13.0. The molecule has 0 saturated carbocycles. The van der Waals surface area contributed by atoms with Crippen LogP contribution in [0.15, 0.2) is 45.8 Å². The molecule has 1 aromatic carbocycles. The van der Waals surface area contributed by atoms with Gasteiger partial charge in [0, 0.05) is 18.3 Å². The molecule has 1 atom stereocenters. The number of nitrogens with one attached hydrogen (secondary N) is 1. The highest BCUT2D eigenvalue weighted by Gasteiger charge is 2.22. The quantitative estimate of drug-likeness (QED) is 0.386. The van der Waals surface area contributed by atoms with Crippen molar-refractivity contribution in [3.63, 3.8) is 0 Å². The lowest BCUT2D eigenvalue weighted by molar-refractivity contribution is -0.121. The van der Waals surface area contributed by atoms with E-state index in [9.17, 15) is 18.0 Å². The van der Waals surface area contributed by atoms with Gasteiger partial charge in [-0.05, 0) is 44.5 Å².